The summed E-state index contributed by atoms with van der Waals surface area (Å²) in [5.41, 5.74) is 13.4. The third-order valence-electron chi connectivity index (χ3n) is 10.5. The fourth-order valence-corrected chi connectivity index (χ4v) is 7.65. The molecule has 242 valence electrons. The fourth-order valence-electron chi connectivity index (χ4n) is 7.65. The number of carbonyl (C=O) groups excluding carboxylic acids is 2. The second kappa shape index (κ2) is 11.7. The van der Waals surface area contributed by atoms with Gasteiger partial charge in [0.2, 0.25) is 0 Å². The van der Waals surface area contributed by atoms with E-state index in [9.17, 15) is 14.7 Å². The normalized spacial score (nSPS) is 21.8. The van der Waals surface area contributed by atoms with Crippen LogP contribution in [0.2, 0.25) is 0 Å². The van der Waals surface area contributed by atoms with Gasteiger partial charge in [0.25, 0.3) is 0 Å². The minimum Gasteiger partial charge on any atom is -0.877 e. The first kappa shape index (κ1) is 32.6. The number of carbonyl (C=O) groups is 2. The summed E-state index contributed by atoms with van der Waals surface area (Å²) in [6.45, 7) is 12.3. The predicted octanol–water partition coefficient (Wildman–Crippen LogP) is 6.25. The van der Waals surface area contributed by atoms with Crippen molar-refractivity contribution < 1.29 is 35.9 Å². The smallest absolute Gasteiger partial charge is 0.877 e. The fraction of sp³-hybridized carbons (Fsp3) is 0.342. The minimum absolute atomic E-state index is 0. The van der Waals surface area contributed by atoms with E-state index in [0.29, 0.717) is 46.1 Å². The molecule has 0 amide bonds. The summed E-state index contributed by atoms with van der Waals surface area (Å²) in [5.74, 6) is -0.360. The number of esters is 1. The van der Waals surface area contributed by atoms with Gasteiger partial charge in [0.05, 0.1) is 41.3 Å². The van der Waals surface area contributed by atoms with Crippen molar-refractivity contribution in [3.63, 3.8) is 0 Å². The molecule has 1 aromatic carbocycles. The molecule has 4 aliphatic heterocycles. The van der Waals surface area contributed by atoms with Crippen LogP contribution < -0.4 is 10.1 Å². The second-order valence-corrected chi connectivity index (χ2v) is 12.7. The summed E-state index contributed by atoms with van der Waals surface area (Å²) in [7, 11) is 1.38. The molecule has 1 aromatic heterocycles. The van der Waals surface area contributed by atoms with Crippen molar-refractivity contribution in [1.82, 2.24) is 4.98 Å². The first-order valence-electron chi connectivity index (χ1n) is 15.9. The van der Waals surface area contributed by atoms with E-state index in [-0.39, 0.29) is 41.1 Å². The zero-order chi connectivity index (χ0) is 32.7. The molecule has 0 N–H and O–H groups in total. The van der Waals surface area contributed by atoms with E-state index in [2.05, 4.69) is 26.8 Å². The van der Waals surface area contributed by atoms with Crippen LogP contribution in [0.25, 0.3) is 16.8 Å². The van der Waals surface area contributed by atoms with Gasteiger partial charge in [-0.3, -0.25) is 14.6 Å². The van der Waals surface area contributed by atoms with Crippen molar-refractivity contribution in [3.8, 4) is 11.3 Å². The number of Topliss-reactive ketones (excluding diaryl/α,β-unsaturated/α-hetero) is 1. The van der Waals surface area contributed by atoms with E-state index < -0.39 is 5.41 Å². The zero-order valence-electron chi connectivity index (χ0n) is 27.7. The molecule has 5 aliphatic rings. The molecule has 0 radical (unpaired) electrons. The van der Waals surface area contributed by atoms with Crippen molar-refractivity contribution in [1.29, 1.82) is 0 Å². The SMILES string of the molecule is CCC1=C(C)C2=NC1=CC1=NC3=C(C(=O)CC3=C1C)c1[n-]c(c(C)c1CCC(=O)OC)-c1cccc3c1N=C(/C2=C/[O-])C3(C)CC.[Ni+2]. The molecule has 47 heavy (non-hydrogen) atoms. The Labute approximate surface area is 284 Å². The molecule has 9 heteroatoms. The third-order valence-corrected chi connectivity index (χ3v) is 10.5. The van der Waals surface area contributed by atoms with Crippen LogP contribution in [0.4, 0.5) is 5.69 Å². The Morgan fingerprint density at radius 3 is 2.55 bits per heavy atom. The molecule has 1 atom stereocenters. The first-order valence-corrected chi connectivity index (χ1v) is 15.9. The van der Waals surface area contributed by atoms with Crippen LogP contribution in [-0.2, 0) is 42.7 Å². The molecule has 8 nitrogen and oxygen atoms in total. The van der Waals surface area contributed by atoms with Gasteiger partial charge in [-0.2, -0.15) is 0 Å². The molecule has 8 bridgehead atoms. The molecule has 7 rings (SSSR count). The number of hydrogen-bond acceptors (Lipinski definition) is 7. The van der Waals surface area contributed by atoms with Gasteiger partial charge in [-0.15, -0.1) is 17.6 Å². The van der Waals surface area contributed by atoms with Crippen LogP contribution in [0.1, 0.15) is 82.7 Å². The predicted molar refractivity (Wildman–Crippen MR) is 178 cm³/mol. The van der Waals surface area contributed by atoms with Crippen LogP contribution in [0.5, 0.6) is 0 Å². The number of methoxy groups -OCH3 is 1. The number of hydrogen-bond donors (Lipinski definition) is 0. The molecule has 0 saturated heterocycles. The average Bonchev–Trinajstić information content (AvgIpc) is 3.80. The van der Waals surface area contributed by atoms with Crippen LogP contribution in [0.3, 0.4) is 0 Å². The average molecular weight is 671 g/mol. The number of ether oxygens (including phenoxy) is 1. The first-order chi connectivity index (χ1) is 22.1. The summed E-state index contributed by atoms with van der Waals surface area (Å²) in [5, 5.41) is 13.0. The van der Waals surface area contributed by atoms with Crippen molar-refractivity contribution >= 4 is 40.1 Å². The van der Waals surface area contributed by atoms with Gasteiger partial charge in [0.15, 0.2) is 5.78 Å². The molecule has 1 unspecified atom stereocenters. The Morgan fingerprint density at radius 2 is 1.87 bits per heavy atom. The van der Waals surface area contributed by atoms with E-state index in [1.54, 1.807) is 0 Å². The third kappa shape index (κ3) is 4.57. The van der Waals surface area contributed by atoms with Crippen molar-refractivity contribution in [3.05, 3.63) is 92.2 Å². The standard InChI is InChI=1S/C38H38N4O4.Ni/c1-8-21-19(4)33-25(17-43)37-38(6,9-2)26-12-10-11-23(34(26)42-37)32-20(5)22(13-14-30(45)46-7)35(41-32)31-29(44)15-24-18(3)27(39-36(24)31)16-28(21)40-33;/h10-12,16-17H,8-9,13-15H2,1-7H3,(H2,39,40,41,42,43,44);/q;+2/p-2. The van der Waals surface area contributed by atoms with E-state index in [1.165, 1.54) is 7.11 Å². The number of fused-ring (bicyclic) bond motifs is 5. The summed E-state index contributed by atoms with van der Waals surface area (Å²) < 4.78 is 4.97. The van der Waals surface area contributed by atoms with E-state index in [1.807, 2.05) is 39.0 Å². The number of nitrogens with zero attached hydrogens (tertiary/aromatic N) is 4. The molecular weight excluding hydrogens is 635 g/mol. The van der Waals surface area contributed by atoms with Gasteiger partial charge in [-0.1, -0.05) is 43.2 Å². The molecule has 1 aliphatic carbocycles. The number of ketones is 1. The van der Waals surface area contributed by atoms with Crippen molar-refractivity contribution in [2.75, 3.05) is 7.11 Å². The number of benzene rings is 1. The van der Waals surface area contributed by atoms with Crippen molar-refractivity contribution in [2.24, 2.45) is 15.0 Å². The molecule has 0 spiro atoms. The topological polar surface area (TPSA) is 118 Å². The summed E-state index contributed by atoms with van der Waals surface area (Å²) in [6, 6.07) is 6.08. The number of para-hydroxylation sites is 1. The van der Waals surface area contributed by atoms with Gasteiger partial charge in [-0.05, 0) is 86.5 Å². The largest absolute Gasteiger partial charge is 2.00 e. The second-order valence-electron chi connectivity index (χ2n) is 12.7. The molecular formula is C38H36N4NiO4. The van der Waals surface area contributed by atoms with Crippen molar-refractivity contribution in [2.45, 2.75) is 79.1 Å². The van der Waals surface area contributed by atoms with Crippen LogP contribution in [0, 0.1) is 6.92 Å². The number of aliphatic imine (C=N–C) groups is 3. The monoisotopic (exact) mass is 670 g/mol. The summed E-state index contributed by atoms with van der Waals surface area (Å²) in [6.07, 6.45) is 5.09. The van der Waals surface area contributed by atoms with Crippen LogP contribution >= 0.6 is 0 Å². The number of aromatic nitrogens is 1. The molecule has 2 aromatic rings. The minimum atomic E-state index is -0.544. The van der Waals surface area contributed by atoms with E-state index >= 15 is 0 Å². The Bertz CT molecular complexity index is 2060. The maximum absolute atomic E-state index is 13.8. The Hall–Kier alpha value is -4.36. The molecule has 0 saturated carbocycles. The van der Waals surface area contributed by atoms with Gasteiger partial charge < -0.3 is 14.8 Å². The number of allylic oxidation sites excluding steroid dienone is 7. The Balaban J connectivity index is 0.00000386. The maximum atomic E-state index is 13.8. The molecule has 0 fully saturated rings. The van der Waals surface area contributed by atoms with Crippen LogP contribution in [0.15, 0.2) is 84.8 Å². The van der Waals surface area contributed by atoms with E-state index in [0.717, 1.165) is 80.7 Å². The maximum Gasteiger partial charge on any atom is 2.00 e. The summed E-state index contributed by atoms with van der Waals surface area (Å²) in [4.78, 5) is 46.7. The van der Waals surface area contributed by atoms with Gasteiger partial charge in [-0.25, -0.2) is 9.98 Å². The van der Waals surface area contributed by atoms with E-state index in [4.69, 9.17) is 24.7 Å². The van der Waals surface area contributed by atoms with Gasteiger partial charge in [0, 0.05) is 29.4 Å². The van der Waals surface area contributed by atoms with Gasteiger partial charge in [0.1, 0.15) is 0 Å². The Kier molecular flexibility index (Phi) is 8.12. The van der Waals surface area contributed by atoms with Gasteiger partial charge >= 0.3 is 22.5 Å². The summed E-state index contributed by atoms with van der Waals surface area (Å²) >= 11 is 0. The Morgan fingerprint density at radius 1 is 1.11 bits per heavy atom. The quantitative estimate of drug-likeness (QED) is 0.212. The van der Waals surface area contributed by atoms with Crippen LogP contribution in [-0.4, -0.2) is 36.0 Å². The zero-order valence-corrected chi connectivity index (χ0v) is 28.6. The molecule has 5 heterocycles. The number of rotatable bonds is 5.